The molecule has 2 aromatic rings. The Morgan fingerprint density at radius 2 is 1.73 bits per heavy atom. The molecule has 1 amide bonds. The van der Waals surface area contributed by atoms with Crippen LogP contribution >= 0.6 is 0 Å². The van der Waals surface area contributed by atoms with Crippen LogP contribution < -0.4 is 15.0 Å². The standard InChI is InChI=1S/C17H17F3N4O2/c18-17(19,20)26-14-4-2-13(3-5-14)23-15(25)12-6-10-24(11-7-12)16-21-8-1-9-22-16/h1-5,8-9,12H,6-7,10-11H2,(H,23,25). The van der Waals surface area contributed by atoms with Gasteiger partial charge in [0.25, 0.3) is 0 Å². The van der Waals surface area contributed by atoms with E-state index in [4.69, 9.17) is 0 Å². The number of alkyl halides is 3. The topological polar surface area (TPSA) is 67.3 Å². The van der Waals surface area contributed by atoms with Crippen LogP contribution in [-0.4, -0.2) is 35.3 Å². The van der Waals surface area contributed by atoms with Gasteiger partial charge in [0.1, 0.15) is 5.75 Å². The summed E-state index contributed by atoms with van der Waals surface area (Å²) in [6, 6.07) is 6.84. The maximum atomic E-state index is 12.4. The summed E-state index contributed by atoms with van der Waals surface area (Å²) >= 11 is 0. The molecule has 0 radical (unpaired) electrons. The Morgan fingerprint density at radius 3 is 2.31 bits per heavy atom. The molecule has 0 spiro atoms. The van der Waals surface area contributed by atoms with Crippen molar-refractivity contribution in [2.75, 3.05) is 23.3 Å². The quantitative estimate of drug-likeness (QED) is 0.900. The molecule has 9 heteroatoms. The summed E-state index contributed by atoms with van der Waals surface area (Å²) in [4.78, 5) is 22.8. The fourth-order valence-electron chi connectivity index (χ4n) is 2.78. The number of nitrogens with one attached hydrogen (secondary N) is 1. The minimum atomic E-state index is -4.73. The third-order valence-electron chi connectivity index (χ3n) is 4.06. The van der Waals surface area contributed by atoms with Crippen molar-refractivity contribution in [2.45, 2.75) is 19.2 Å². The van der Waals surface area contributed by atoms with Crippen LogP contribution in [0.5, 0.6) is 5.75 Å². The van der Waals surface area contributed by atoms with Gasteiger partial charge in [-0.3, -0.25) is 4.79 Å². The highest BCUT2D eigenvalue weighted by Crippen LogP contribution is 2.25. The molecule has 1 aromatic heterocycles. The molecule has 0 bridgehead atoms. The second-order valence-electron chi connectivity index (χ2n) is 5.87. The van der Waals surface area contributed by atoms with Crippen molar-refractivity contribution in [3.8, 4) is 5.75 Å². The fraction of sp³-hybridized carbons (Fsp3) is 0.353. The maximum absolute atomic E-state index is 12.4. The second kappa shape index (κ2) is 7.59. The van der Waals surface area contributed by atoms with Gasteiger partial charge in [-0.2, -0.15) is 0 Å². The van der Waals surface area contributed by atoms with Crippen molar-refractivity contribution in [2.24, 2.45) is 5.92 Å². The number of rotatable bonds is 4. The van der Waals surface area contributed by atoms with E-state index in [1.165, 1.54) is 24.3 Å². The summed E-state index contributed by atoms with van der Waals surface area (Å²) in [5, 5.41) is 2.73. The number of carbonyl (C=O) groups is 1. The molecule has 1 saturated heterocycles. The molecular formula is C17H17F3N4O2. The number of hydrogen-bond acceptors (Lipinski definition) is 5. The third kappa shape index (κ3) is 4.84. The highest BCUT2D eigenvalue weighted by atomic mass is 19.4. The van der Waals surface area contributed by atoms with Crippen LogP contribution in [0.25, 0.3) is 0 Å². The zero-order valence-electron chi connectivity index (χ0n) is 13.7. The normalized spacial score (nSPS) is 15.6. The Labute approximate surface area is 148 Å². The predicted octanol–water partition coefficient (Wildman–Crippen LogP) is 3.23. The Hall–Kier alpha value is -2.84. The van der Waals surface area contributed by atoms with E-state index in [1.54, 1.807) is 18.5 Å². The fourth-order valence-corrected chi connectivity index (χ4v) is 2.78. The van der Waals surface area contributed by atoms with Gasteiger partial charge in [0.2, 0.25) is 11.9 Å². The van der Waals surface area contributed by atoms with Gasteiger partial charge in [-0.15, -0.1) is 13.2 Å². The average Bonchev–Trinajstić information content (AvgIpc) is 2.63. The summed E-state index contributed by atoms with van der Waals surface area (Å²) < 4.78 is 40.2. The van der Waals surface area contributed by atoms with Gasteiger partial charge in [-0.1, -0.05) is 0 Å². The number of halogens is 3. The number of hydrogen-bond donors (Lipinski definition) is 1. The molecule has 1 N–H and O–H groups in total. The van der Waals surface area contributed by atoms with Crippen LogP contribution in [0.1, 0.15) is 12.8 Å². The first-order valence-electron chi connectivity index (χ1n) is 8.09. The van der Waals surface area contributed by atoms with Crippen LogP contribution in [0.3, 0.4) is 0 Å². The third-order valence-corrected chi connectivity index (χ3v) is 4.06. The van der Waals surface area contributed by atoms with E-state index in [-0.39, 0.29) is 17.6 Å². The lowest BCUT2D eigenvalue weighted by molar-refractivity contribution is -0.274. The van der Waals surface area contributed by atoms with E-state index in [0.29, 0.717) is 37.6 Å². The van der Waals surface area contributed by atoms with E-state index >= 15 is 0 Å². The smallest absolute Gasteiger partial charge is 0.406 e. The molecule has 1 aliphatic heterocycles. The summed E-state index contributed by atoms with van der Waals surface area (Å²) in [6.07, 6.45) is -0.0828. The summed E-state index contributed by atoms with van der Waals surface area (Å²) in [7, 11) is 0. The number of ether oxygens (including phenoxy) is 1. The number of aromatic nitrogens is 2. The van der Waals surface area contributed by atoms with E-state index in [2.05, 4.69) is 20.0 Å². The first-order chi connectivity index (χ1) is 12.4. The largest absolute Gasteiger partial charge is 0.573 e. The highest BCUT2D eigenvalue weighted by molar-refractivity contribution is 5.92. The second-order valence-corrected chi connectivity index (χ2v) is 5.87. The highest BCUT2D eigenvalue weighted by Gasteiger charge is 2.31. The molecule has 1 aliphatic rings. The first-order valence-corrected chi connectivity index (χ1v) is 8.09. The zero-order valence-corrected chi connectivity index (χ0v) is 13.7. The van der Waals surface area contributed by atoms with Crippen LogP contribution in [0.2, 0.25) is 0 Å². The molecule has 138 valence electrons. The molecule has 3 rings (SSSR count). The van der Waals surface area contributed by atoms with Crippen molar-refractivity contribution >= 4 is 17.5 Å². The number of anilines is 2. The van der Waals surface area contributed by atoms with Crippen LogP contribution in [0.4, 0.5) is 24.8 Å². The van der Waals surface area contributed by atoms with E-state index in [0.717, 1.165) is 0 Å². The molecule has 0 atom stereocenters. The van der Waals surface area contributed by atoms with Gasteiger partial charge in [-0.25, -0.2) is 9.97 Å². The SMILES string of the molecule is O=C(Nc1ccc(OC(F)(F)F)cc1)C1CCN(c2ncccn2)CC1. The molecular weight excluding hydrogens is 349 g/mol. The first kappa shape index (κ1) is 18.0. The zero-order chi connectivity index (χ0) is 18.6. The predicted molar refractivity (Wildman–Crippen MR) is 88.7 cm³/mol. The Morgan fingerprint density at radius 1 is 1.12 bits per heavy atom. The van der Waals surface area contributed by atoms with Gasteiger partial charge in [0.15, 0.2) is 0 Å². The van der Waals surface area contributed by atoms with E-state index in [9.17, 15) is 18.0 Å². The van der Waals surface area contributed by atoms with Gasteiger partial charge < -0.3 is 15.0 Å². The van der Waals surface area contributed by atoms with Gasteiger partial charge in [0.05, 0.1) is 0 Å². The number of benzene rings is 1. The Kier molecular flexibility index (Phi) is 5.24. The molecule has 0 unspecified atom stereocenters. The average molecular weight is 366 g/mol. The lowest BCUT2D eigenvalue weighted by atomic mass is 9.96. The summed E-state index contributed by atoms with van der Waals surface area (Å²) in [6.45, 7) is 1.33. The van der Waals surface area contributed by atoms with Crippen molar-refractivity contribution in [3.05, 3.63) is 42.7 Å². The van der Waals surface area contributed by atoms with Gasteiger partial charge >= 0.3 is 6.36 Å². The van der Waals surface area contributed by atoms with Crippen molar-refractivity contribution in [1.29, 1.82) is 0 Å². The molecule has 1 aromatic carbocycles. The molecule has 1 fully saturated rings. The van der Waals surface area contributed by atoms with Gasteiger partial charge in [0, 0.05) is 37.1 Å². The van der Waals surface area contributed by atoms with Crippen molar-refractivity contribution < 1.29 is 22.7 Å². The summed E-state index contributed by atoms with van der Waals surface area (Å²) in [5.41, 5.74) is 0.429. The number of amides is 1. The lowest BCUT2D eigenvalue weighted by Crippen LogP contribution is -2.39. The monoisotopic (exact) mass is 366 g/mol. The molecule has 26 heavy (non-hydrogen) atoms. The van der Waals surface area contributed by atoms with Gasteiger partial charge in [-0.05, 0) is 43.2 Å². The molecule has 6 nitrogen and oxygen atoms in total. The van der Waals surface area contributed by atoms with E-state index in [1.807, 2.05) is 4.90 Å². The van der Waals surface area contributed by atoms with Crippen LogP contribution in [0.15, 0.2) is 42.7 Å². The van der Waals surface area contributed by atoms with Crippen molar-refractivity contribution in [3.63, 3.8) is 0 Å². The lowest BCUT2D eigenvalue weighted by Gasteiger charge is -2.31. The molecule has 0 aliphatic carbocycles. The number of piperidine rings is 1. The minimum Gasteiger partial charge on any atom is -0.406 e. The van der Waals surface area contributed by atoms with Crippen LogP contribution in [-0.2, 0) is 4.79 Å². The Bertz CT molecular complexity index is 730. The minimum absolute atomic E-state index is 0.150. The van der Waals surface area contributed by atoms with Crippen molar-refractivity contribution in [1.82, 2.24) is 9.97 Å². The molecule has 2 heterocycles. The Balaban J connectivity index is 1.51. The number of nitrogens with zero attached hydrogens (tertiary/aromatic N) is 3. The summed E-state index contributed by atoms with van der Waals surface area (Å²) in [5.74, 6) is 0.00228. The van der Waals surface area contributed by atoms with Crippen LogP contribution in [0, 0.1) is 5.92 Å². The van der Waals surface area contributed by atoms with E-state index < -0.39 is 6.36 Å². The maximum Gasteiger partial charge on any atom is 0.573 e. The number of carbonyl (C=O) groups excluding carboxylic acids is 1. The molecule has 0 saturated carbocycles.